The molecule has 0 bridgehead atoms. The quantitative estimate of drug-likeness (QED) is 0.340. The molecule has 0 aromatic carbocycles. The summed E-state index contributed by atoms with van der Waals surface area (Å²) in [5.74, 6) is -0.317. The third-order valence-electron chi connectivity index (χ3n) is 1.05. The smallest absolute Gasteiger partial charge is 0.307 e. The summed E-state index contributed by atoms with van der Waals surface area (Å²) in [5, 5.41) is 5.04. The lowest BCUT2D eigenvalue weighted by Gasteiger charge is -2.17. The van der Waals surface area contributed by atoms with E-state index in [0.717, 1.165) is 0 Å². The number of allylic oxidation sites excluding steroid dienone is 2. The lowest BCUT2D eigenvalue weighted by Crippen LogP contribution is -2.34. The second kappa shape index (κ2) is 8.52. The van der Waals surface area contributed by atoms with E-state index in [9.17, 15) is 9.35 Å². The Balaban J connectivity index is 0. The van der Waals surface area contributed by atoms with Crippen molar-refractivity contribution < 1.29 is 14.1 Å². The molecule has 15 heavy (non-hydrogen) atoms. The fourth-order valence-electron chi connectivity index (χ4n) is 0.191. The van der Waals surface area contributed by atoms with Crippen LogP contribution in [0.3, 0.4) is 0 Å². The number of carbonyl (C=O) groups is 1. The molecule has 1 atom stereocenters. The Labute approximate surface area is 94.5 Å². The van der Waals surface area contributed by atoms with Gasteiger partial charge in [0.1, 0.15) is 4.75 Å². The number of carbonyl (C=O) groups excluding carboxylic acids is 1. The molecule has 0 rings (SSSR count). The van der Waals surface area contributed by atoms with Crippen LogP contribution in [0.5, 0.6) is 0 Å². The van der Waals surface area contributed by atoms with Gasteiger partial charge in [-0.1, -0.05) is 12.7 Å². The normalized spacial score (nSPS) is 12.7. The maximum absolute atomic E-state index is 10.4. The van der Waals surface area contributed by atoms with Gasteiger partial charge in [-0.25, -0.2) is 0 Å². The van der Waals surface area contributed by atoms with Crippen LogP contribution >= 0.6 is 0 Å². The van der Waals surface area contributed by atoms with Gasteiger partial charge in [-0.05, 0) is 26.8 Å². The Morgan fingerprint density at radius 3 is 2.13 bits per heavy atom. The highest BCUT2D eigenvalue weighted by Gasteiger charge is 2.21. The summed E-state index contributed by atoms with van der Waals surface area (Å²) in [6.07, 6.45) is 4.36. The summed E-state index contributed by atoms with van der Waals surface area (Å²) in [5.41, 5.74) is 0. The molecule has 0 aliphatic heterocycles. The van der Waals surface area contributed by atoms with Crippen LogP contribution in [-0.4, -0.2) is 15.3 Å². The Hall–Kier alpha value is -0.780. The Kier molecular flexibility index (Phi) is 9.46. The molecule has 0 aliphatic carbocycles. The third-order valence-corrected chi connectivity index (χ3v) is 2.26. The zero-order valence-corrected chi connectivity index (χ0v) is 10.5. The molecule has 0 fully saturated rings. The van der Waals surface area contributed by atoms with E-state index in [-0.39, 0.29) is 10.7 Å². The van der Waals surface area contributed by atoms with Gasteiger partial charge in [0.25, 0.3) is 0 Å². The highest BCUT2D eigenvalue weighted by Crippen LogP contribution is 2.09. The van der Waals surface area contributed by atoms with E-state index in [4.69, 9.17) is 5.14 Å². The van der Waals surface area contributed by atoms with Crippen molar-refractivity contribution in [1.82, 2.24) is 0 Å². The predicted molar refractivity (Wildman–Crippen MR) is 63.2 cm³/mol. The molecule has 0 aromatic rings. The Morgan fingerprint density at radius 2 is 1.93 bits per heavy atom. The number of hydrogen-bond acceptors (Lipinski definition) is 4. The molecule has 0 aromatic heterocycles. The molecule has 5 heteroatoms. The van der Waals surface area contributed by atoms with Crippen LogP contribution in [-0.2, 0) is 20.9 Å². The van der Waals surface area contributed by atoms with Crippen LogP contribution in [0.15, 0.2) is 25.0 Å². The van der Waals surface area contributed by atoms with E-state index in [1.807, 2.05) is 20.8 Å². The number of rotatable bonds is 2. The van der Waals surface area contributed by atoms with Crippen LogP contribution in [0.4, 0.5) is 0 Å². The van der Waals surface area contributed by atoms with E-state index >= 15 is 0 Å². The maximum Gasteiger partial charge on any atom is 0.307 e. The van der Waals surface area contributed by atoms with Crippen molar-refractivity contribution in [1.29, 1.82) is 0 Å². The fourth-order valence-corrected chi connectivity index (χ4v) is 0.191. The Morgan fingerprint density at radius 1 is 1.53 bits per heavy atom. The minimum atomic E-state index is -1.18. The molecule has 0 heterocycles. The van der Waals surface area contributed by atoms with Gasteiger partial charge >= 0.3 is 5.97 Å². The summed E-state index contributed by atoms with van der Waals surface area (Å²) >= 11 is -1.18. The lowest BCUT2D eigenvalue weighted by molar-refractivity contribution is -0.135. The molecule has 0 spiro atoms. The van der Waals surface area contributed by atoms with Crippen LogP contribution in [0.1, 0.15) is 27.7 Å². The number of esters is 1. The van der Waals surface area contributed by atoms with Crippen LogP contribution in [0.2, 0.25) is 0 Å². The minimum Gasteiger partial charge on any atom is -0.598 e. The van der Waals surface area contributed by atoms with Gasteiger partial charge < -0.3 is 9.29 Å². The second-order valence-corrected chi connectivity index (χ2v) is 5.40. The Bertz CT molecular complexity index is 219. The monoisotopic (exact) mass is 233 g/mol. The fraction of sp³-hybridized carbons (Fsp3) is 0.500. The van der Waals surface area contributed by atoms with Crippen molar-refractivity contribution in [3.05, 3.63) is 25.0 Å². The van der Waals surface area contributed by atoms with E-state index in [1.54, 1.807) is 6.08 Å². The first kappa shape index (κ1) is 16.6. The zero-order valence-electron chi connectivity index (χ0n) is 9.65. The molecule has 0 aliphatic rings. The maximum atomic E-state index is 10.4. The highest BCUT2D eigenvalue weighted by molar-refractivity contribution is 7.90. The van der Waals surface area contributed by atoms with Gasteiger partial charge in [0, 0.05) is 18.3 Å². The first-order chi connectivity index (χ1) is 6.71. The molecule has 88 valence electrons. The topological polar surface area (TPSA) is 75.4 Å². The van der Waals surface area contributed by atoms with E-state index in [2.05, 4.69) is 11.3 Å². The van der Waals surface area contributed by atoms with Crippen LogP contribution in [0.25, 0.3) is 0 Å². The van der Waals surface area contributed by atoms with Crippen molar-refractivity contribution in [2.45, 2.75) is 32.4 Å². The lowest BCUT2D eigenvalue weighted by atomic mass is 10.3. The van der Waals surface area contributed by atoms with Gasteiger partial charge in [-0.2, -0.15) is 5.14 Å². The average Bonchev–Trinajstić information content (AvgIpc) is 2.03. The molecule has 0 amide bonds. The summed E-state index contributed by atoms with van der Waals surface area (Å²) in [6, 6.07) is 0. The summed E-state index contributed by atoms with van der Waals surface area (Å²) in [4.78, 5) is 10.0. The summed E-state index contributed by atoms with van der Waals surface area (Å²) in [6.45, 7) is 10.2. The molecular weight excluding hydrogens is 214 g/mol. The third kappa shape index (κ3) is 15.9. The number of ether oxygens (including phenoxy) is 1. The largest absolute Gasteiger partial charge is 0.598 e. The highest BCUT2D eigenvalue weighted by atomic mass is 32.2. The van der Waals surface area contributed by atoms with Gasteiger partial charge in [-0.3, -0.25) is 4.79 Å². The van der Waals surface area contributed by atoms with Gasteiger partial charge in [0.05, 0.1) is 6.26 Å². The zero-order chi connectivity index (χ0) is 12.5. The van der Waals surface area contributed by atoms with E-state index in [1.165, 1.54) is 19.3 Å². The van der Waals surface area contributed by atoms with Gasteiger partial charge in [-0.15, -0.1) is 0 Å². The molecule has 1 unspecified atom stereocenters. The van der Waals surface area contributed by atoms with E-state index in [0.29, 0.717) is 0 Å². The van der Waals surface area contributed by atoms with Crippen molar-refractivity contribution in [3.8, 4) is 0 Å². The first-order valence-electron chi connectivity index (χ1n) is 4.33. The van der Waals surface area contributed by atoms with Crippen LogP contribution < -0.4 is 5.14 Å². The second-order valence-electron chi connectivity index (χ2n) is 3.58. The molecule has 2 N–H and O–H groups in total. The average molecular weight is 233 g/mol. The standard InChI is InChI=1S/C6H8O2.C4H11NOS/c1-3-4-5-8-6(2)7;1-4(2,3)7(5)6/h3-5H,1H2,2H3;5H2,1-3H3. The van der Waals surface area contributed by atoms with Crippen molar-refractivity contribution in [2.24, 2.45) is 5.14 Å². The summed E-state index contributed by atoms with van der Waals surface area (Å²) < 4.78 is 14.5. The molecular formula is C10H19NO3S. The van der Waals surface area contributed by atoms with Crippen molar-refractivity contribution in [3.63, 3.8) is 0 Å². The van der Waals surface area contributed by atoms with Gasteiger partial charge in [0.15, 0.2) is 0 Å². The first-order valence-corrected chi connectivity index (χ1v) is 5.54. The molecule has 0 saturated carbocycles. The summed E-state index contributed by atoms with van der Waals surface area (Å²) in [7, 11) is 0. The predicted octanol–water partition coefficient (Wildman–Crippen LogP) is 1.66. The van der Waals surface area contributed by atoms with Crippen molar-refractivity contribution >= 4 is 17.3 Å². The van der Waals surface area contributed by atoms with Gasteiger partial charge in [0.2, 0.25) is 0 Å². The molecule has 0 saturated heterocycles. The molecule has 4 nitrogen and oxygen atoms in total. The minimum absolute atomic E-state index is 0.250. The molecule has 0 radical (unpaired) electrons. The number of hydrogen-bond donors (Lipinski definition) is 1. The van der Waals surface area contributed by atoms with Crippen LogP contribution in [0, 0.1) is 0 Å². The van der Waals surface area contributed by atoms with Crippen molar-refractivity contribution in [2.75, 3.05) is 0 Å². The SMILES string of the molecule is C=CC=COC(C)=O.CC(C)(C)[S+](N)[O-]. The van der Waals surface area contributed by atoms with E-state index < -0.39 is 11.4 Å². The number of nitrogens with two attached hydrogens (primary N) is 1.